The molecule has 0 aliphatic rings. The van der Waals surface area contributed by atoms with Crippen LogP contribution in [0, 0.1) is 0 Å². The molecule has 0 aliphatic carbocycles. The molecule has 2 heterocycles. The zero-order valence-corrected chi connectivity index (χ0v) is 14.9. The molecule has 28 heavy (non-hydrogen) atoms. The maximum atomic E-state index is 11.8. The first-order valence-electron chi connectivity index (χ1n) is 7.37. The molecule has 0 spiro atoms. The number of carbonyl (C=O) groups is 2. The molecule has 0 amide bonds. The number of alkyl halides is 3. The second-order valence-electron chi connectivity index (χ2n) is 5.18. The third-order valence-corrected chi connectivity index (χ3v) is 4.44. The summed E-state index contributed by atoms with van der Waals surface area (Å²) >= 11 is 0. The zero-order chi connectivity index (χ0) is 21.4. The van der Waals surface area contributed by atoms with Crippen LogP contribution in [0.1, 0.15) is 6.42 Å². The molecule has 2 aromatic heterocycles. The van der Waals surface area contributed by atoms with E-state index in [1.54, 1.807) is 43.0 Å². The van der Waals surface area contributed by atoms with Gasteiger partial charge < -0.3 is 15.0 Å². The van der Waals surface area contributed by atoms with Gasteiger partial charge in [0.2, 0.25) is 15.7 Å². The Kier molecular flexibility index (Phi) is 7.98. The fourth-order valence-corrected chi connectivity index (χ4v) is 2.92. The Morgan fingerprint density at radius 3 is 2.07 bits per heavy atom. The second-order valence-corrected chi connectivity index (χ2v) is 7.33. The summed E-state index contributed by atoms with van der Waals surface area (Å²) < 4.78 is 56.5. The Labute approximate surface area is 157 Å². The lowest BCUT2D eigenvalue weighted by Crippen LogP contribution is -2.38. The average molecular weight is 421 g/mol. The highest BCUT2D eigenvalue weighted by atomic mass is 32.2. The van der Waals surface area contributed by atoms with Crippen LogP contribution in [0.4, 0.5) is 13.2 Å². The fraction of sp³-hybridized carbons (Fsp3) is 0.267. The number of aromatic nitrogens is 3. The molecule has 0 aromatic carbocycles. The number of hydrogen-bond acceptors (Lipinski definition) is 7. The quantitative estimate of drug-likeness (QED) is 0.620. The highest BCUT2D eigenvalue weighted by molar-refractivity contribution is 7.90. The van der Waals surface area contributed by atoms with Gasteiger partial charge in [-0.1, -0.05) is 0 Å². The number of carboxylic acids is 2. The number of nitrogens with zero attached hydrogens (tertiary/aromatic N) is 3. The number of aliphatic carboxylic acids is 2. The van der Waals surface area contributed by atoms with Crippen molar-refractivity contribution in [3.8, 4) is 11.4 Å². The molecule has 0 saturated carbocycles. The highest BCUT2D eigenvalue weighted by Gasteiger charge is 2.28. The van der Waals surface area contributed by atoms with Crippen LogP contribution in [0.5, 0.6) is 0 Å². The normalized spacial score (nSPS) is 11.2. The van der Waals surface area contributed by atoms with E-state index in [4.69, 9.17) is 15.0 Å². The van der Waals surface area contributed by atoms with Crippen LogP contribution in [-0.2, 0) is 25.3 Å². The van der Waals surface area contributed by atoms with Crippen molar-refractivity contribution in [2.75, 3.05) is 5.75 Å². The molecule has 0 aliphatic heterocycles. The predicted octanol–water partition coefficient (Wildman–Crippen LogP) is -0.423. The van der Waals surface area contributed by atoms with E-state index >= 15 is 0 Å². The monoisotopic (exact) mass is 421 g/mol. The van der Waals surface area contributed by atoms with Crippen molar-refractivity contribution < 1.29 is 46.0 Å². The zero-order valence-electron chi connectivity index (χ0n) is 14.0. The minimum atomic E-state index is -5.19. The van der Waals surface area contributed by atoms with Crippen LogP contribution < -0.4 is 9.67 Å². The summed E-state index contributed by atoms with van der Waals surface area (Å²) in [4.78, 5) is 27.4. The van der Waals surface area contributed by atoms with Crippen LogP contribution in [0.15, 0.2) is 43.0 Å². The van der Waals surface area contributed by atoms with Gasteiger partial charge in [0.05, 0.1) is 12.2 Å². The number of hydrogen-bond donors (Lipinski definition) is 1. The summed E-state index contributed by atoms with van der Waals surface area (Å²) in [5.74, 6) is -4.21. The number of sulfone groups is 1. The van der Waals surface area contributed by atoms with Gasteiger partial charge in [0.1, 0.15) is 5.97 Å². The molecule has 0 unspecified atom stereocenters. The number of halogens is 3. The van der Waals surface area contributed by atoms with Gasteiger partial charge in [-0.2, -0.15) is 17.7 Å². The minimum absolute atomic E-state index is 0.254. The van der Waals surface area contributed by atoms with Gasteiger partial charge >= 0.3 is 12.1 Å². The summed E-state index contributed by atoms with van der Waals surface area (Å²) in [6, 6.07) is 5.13. The van der Waals surface area contributed by atoms with E-state index < -0.39 is 34.4 Å². The Morgan fingerprint density at radius 1 is 1.14 bits per heavy atom. The Hall–Kier alpha value is -3.09. The molecule has 0 radical (unpaired) electrons. The average Bonchev–Trinajstić information content (AvgIpc) is 2.61. The maximum Gasteiger partial charge on any atom is 0.430 e. The van der Waals surface area contributed by atoms with E-state index in [9.17, 15) is 26.4 Å². The van der Waals surface area contributed by atoms with E-state index in [1.165, 1.54) is 4.57 Å². The Bertz CT molecular complexity index is 903. The van der Waals surface area contributed by atoms with Crippen molar-refractivity contribution in [2.24, 2.45) is 0 Å². The molecule has 2 rings (SSSR count). The summed E-state index contributed by atoms with van der Waals surface area (Å²) in [6.07, 6.45) is 0.867. The van der Waals surface area contributed by atoms with Crippen molar-refractivity contribution in [2.45, 2.75) is 18.5 Å². The van der Waals surface area contributed by atoms with Gasteiger partial charge in [-0.15, -0.1) is 0 Å². The highest BCUT2D eigenvalue weighted by Crippen LogP contribution is 2.11. The molecular weight excluding hydrogens is 407 g/mol. The van der Waals surface area contributed by atoms with Crippen LogP contribution in [-0.4, -0.2) is 47.4 Å². The third-order valence-electron chi connectivity index (χ3n) is 2.92. The molecule has 152 valence electrons. The smallest absolute Gasteiger partial charge is 0.430 e. The number of pyridine rings is 1. The van der Waals surface area contributed by atoms with Gasteiger partial charge in [-0.05, 0) is 6.07 Å². The molecule has 1 N–H and O–H groups in total. The first-order valence-corrected chi connectivity index (χ1v) is 9.20. The summed E-state index contributed by atoms with van der Waals surface area (Å²) in [5.41, 5.74) is 0.773. The maximum absolute atomic E-state index is 11.8. The molecule has 0 bridgehead atoms. The Balaban J connectivity index is 0.000000480. The third kappa shape index (κ3) is 8.53. The molecular formula is C15H14F3N3O6S. The van der Waals surface area contributed by atoms with Crippen LogP contribution in [0.25, 0.3) is 11.4 Å². The van der Waals surface area contributed by atoms with E-state index in [0.717, 1.165) is 5.56 Å². The van der Waals surface area contributed by atoms with E-state index in [2.05, 4.69) is 9.97 Å². The largest absolute Gasteiger partial charge is 0.542 e. The molecule has 0 saturated heterocycles. The lowest BCUT2D eigenvalue weighted by Gasteiger charge is -2.03. The molecule has 0 atom stereocenters. The van der Waals surface area contributed by atoms with E-state index in [0.29, 0.717) is 5.82 Å². The van der Waals surface area contributed by atoms with Crippen molar-refractivity contribution in [1.82, 2.24) is 9.97 Å². The van der Waals surface area contributed by atoms with Crippen molar-refractivity contribution in [1.29, 1.82) is 0 Å². The van der Waals surface area contributed by atoms with E-state index in [-0.39, 0.29) is 11.6 Å². The van der Waals surface area contributed by atoms with Gasteiger partial charge in [-0.3, -0.25) is 4.79 Å². The molecule has 9 nitrogen and oxygen atoms in total. The number of rotatable bonds is 6. The summed E-state index contributed by atoms with van der Waals surface area (Å²) in [7, 11) is -3.46. The lowest BCUT2D eigenvalue weighted by atomic mass is 10.2. The Morgan fingerprint density at radius 2 is 1.64 bits per heavy atom. The first-order chi connectivity index (χ1) is 12.9. The van der Waals surface area contributed by atoms with Gasteiger partial charge in [0.25, 0.3) is 0 Å². The van der Waals surface area contributed by atoms with Crippen LogP contribution in [0.3, 0.4) is 0 Å². The van der Waals surface area contributed by atoms with Gasteiger partial charge in [-0.25, -0.2) is 18.4 Å². The molecule has 2 aromatic rings. The lowest BCUT2D eigenvalue weighted by molar-refractivity contribution is -0.677. The number of carbonyl (C=O) groups excluding carboxylic acids is 1. The van der Waals surface area contributed by atoms with Crippen molar-refractivity contribution >= 4 is 21.8 Å². The second kappa shape index (κ2) is 9.73. The fourth-order valence-electron chi connectivity index (χ4n) is 1.68. The predicted molar refractivity (Wildman–Crippen MR) is 84.8 cm³/mol. The minimum Gasteiger partial charge on any atom is -0.542 e. The van der Waals surface area contributed by atoms with Gasteiger partial charge in [0, 0.05) is 30.1 Å². The van der Waals surface area contributed by atoms with Crippen molar-refractivity contribution in [3.63, 3.8) is 0 Å². The van der Waals surface area contributed by atoms with Crippen LogP contribution >= 0.6 is 0 Å². The molecule has 0 fully saturated rings. The summed E-state index contributed by atoms with van der Waals surface area (Å²) in [6.45, 7) is 0. The number of carboxylic acid groups (broad SMARTS) is 2. The first kappa shape index (κ1) is 23.0. The summed E-state index contributed by atoms with van der Waals surface area (Å²) in [5, 5.41) is 17.3. The van der Waals surface area contributed by atoms with Crippen molar-refractivity contribution in [3.05, 3.63) is 43.0 Å². The van der Waals surface area contributed by atoms with Gasteiger partial charge in [0.15, 0.2) is 18.2 Å². The van der Waals surface area contributed by atoms with E-state index in [1.807, 2.05) is 0 Å². The topological polar surface area (TPSA) is 141 Å². The standard InChI is InChI=1S/C13H13N3O4S.C2HF3O2/c17-12(18)4-9-21(19,20)10-16-7-2-11(3-8-16)13-14-5-1-6-15-13;3-2(4,5)1(6)7/h1-3,5-8H,4,9-10H2;(H,6,7). The van der Waals surface area contributed by atoms with Crippen LogP contribution in [0.2, 0.25) is 0 Å². The SMILES string of the molecule is O=C(O)CCS(=O)(=O)C[n+]1ccc(-c2ncccn2)cc1.O=C([O-])C(F)(F)F. The molecule has 13 heteroatoms.